The molecular formula is C17H17N5O4S. The molecular weight excluding hydrogens is 370 g/mol. The van der Waals surface area contributed by atoms with Crippen LogP contribution in [0.5, 0.6) is 11.5 Å². The number of amides is 2. The molecule has 3 aromatic rings. The van der Waals surface area contributed by atoms with E-state index in [9.17, 15) is 9.59 Å². The van der Waals surface area contributed by atoms with E-state index in [2.05, 4.69) is 20.7 Å². The van der Waals surface area contributed by atoms with Gasteiger partial charge in [0.1, 0.15) is 0 Å². The molecule has 2 aromatic heterocycles. The Bertz CT molecular complexity index is 981. The van der Waals surface area contributed by atoms with E-state index in [1.54, 1.807) is 51.0 Å². The van der Waals surface area contributed by atoms with Gasteiger partial charge >= 0.3 is 11.8 Å². The molecule has 0 radical (unpaired) electrons. The lowest BCUT2D eigenvalue weighted by atomic mass is 10.1. The predicted molar refractivity (Wildman–Crippen MR) is 101 cm³/mol. The predicted octanol–water partition coefficient (Wildman–Crippen LogP) is 2.14. The van der Waals surface area contributed by atoms with Gasteiger partial charge in [-0.05, 0) is 18.2 Å². The molecule has 140 valence electrons. The van der Waals surface area contributed by atoms with Gasteiger partial charge in [-0.15, -0.1) is 11.3 Å². The second-order valence-corrected chi connectivity index (χ2v) is 6.25. The van der Waals surface area contributed by atoms with Gasteiger partial charge in [-0.1, -0.05) is 0 Å². The van der Waals surface area contributed by atoms with Crippen molar-refractivity contribution < 1.29 is 19.1 Å². The van der Waals surface area contributed by atoms with Gasteiger partial charge in [-0.3, -0.25) is 19.6 Å². The summed E-state index contributed by atoms with van der Waals surface area (Å²) < 4.78 is 12.0. The van der Waals surface area contributed by atoms with Gasteiger partial charge in [-0.25, -0.2) is 4.98 Å². The van der Waals surface area contributed by atoms with Crippen LogP contribution >= 0.6 is 11.3 Å². The fourth-order valence-corrected chi connectivity index (χ4v) is 2.98. The van der Waals surface area contributed by atoms with E-state index in [0.717, 1.165) is 5.56 Å². The molecule has 0 fully saturated rings. The molecule has 9 nitrogen and oxygen atoms in total. The van der Waals surface area contributed by atoms with Crippen LogP contribution in [0.15, 0.2) is 35.8 Å². The third-order valence-electron chi connectivity index (χ3n) is 3.57. The molecule has 27 heavy (non-hydrogen) atoms. The Morgan fingerprint density at radius 2 is 1.81 bits per heavy atom. The van der Waals surface area contributed by atoms with Crippen LogP contribution in [0.25, 0.3) is 11.3 Å². The highest BCUT2D eigenvalue weighted by Crippen LogP contribution is 2.33. The molecule has 2 heterocycles. The number of nitrogens with zero attached hydrogens (tertiary/aromatic N) is 3. The number of carbonyl (C=O) groups excluding carboxylic acids is 2. The van der Waals surface area contributed by atoms with E-state index in [0.29, 0.717) is 28.1 Å². The van der Waals surface area contributed by atoms with Crippen LogP contribution in [0.1, 0.15) is 0 Å². The zero-order chi connectivity index (χ0) is 19.4. The van der Waals surface area contributed by atoms with Crippen molar-refractivity contribution in [2.24, 2.45) is 7.05 Å². The summed E-state index contributed by atoms with van der Waals surface area (Å²) >= 11 is 1.21. The summed E-state index contributed by atoms with van der Waals surface area (Å²) in [6.45, 7) is 0. The molecule has 0 aliphatic rings. The number of benzene rings is 1. The Kier molecular flexibility index (Phi) is 5.36. The average Bonchev–Trinajstić information content (AvgIpc) is 3.30. The molecule has 0 unspecified atom stereocenters. The zero-order valence-electron chi connectivity index (χ0n) is 14.8. The average molecular weight is 387 g/mol. The number of nitrogens with one attached hydrogen (secondary N) is 2. The van der Waals surface area contributed by atoms with Crippen molar-refractivity contribution in [1.29, 1.82) is 0 Å². The first kappa shape index (κ1) is 18.4. The molecule has 3 rings (SSSR count). The standard InChI is InChI=1S/C17H17N5O4S/c1-22-7-6-14(21-22)19-15(23)16(24)20-17-18-11(9-27-17)10-4-5-12(25-2)13(8-10)26-3/h4-9H,1-3H3,(H,18,20,24)(H,19,21,23). The summed E-state index contributed by atoms with van der Waals surface area (Å²) in [4.78, 5) is 28.3. The van der Waals surface area contributed by atoms with Crippen LogP contribution in [-0.2, 0) is 16.6 Å². The molecule has 0 bridgehead atoms. The van der Waals surface area contributed by atoms with Crippen molar-refractivity contribution in [2.45, 2.75) is 0 Å². The summed E-state index contributed by atoms with van der Waals surface area (Å²) in [6.07, 6.45) is 1.66. The maximum atomic E-state index is 12.0. The smallest absolute Gasteiger partial charge is 0.315 e. The lowest BCUT2D eigenvalue weighted by Crippen LogP contribution is -2.29. The molecule has 10 heteroatoms. The number of methoxy groups -OCH3 is 2. The number of rotatable bonds is 5. The van der Waals surface area contributed by atoms with Crippen LogP contribution in [-0.4, -0.2) is 40.8 Å². The van der Waals surface area contributed by atoms with Gasteiger partial charge in [0, 0.05) is 30.3 Å². The summed E-state index contributed by atoms with van der Waals surface area (Å²) in [5.41, 5.74) is 1.43. The molecule has 0 spiro atoms. The minimum absolute atomic E-state index is 0.294. The van der Waals surface area contributed by atoms with Crippen molar-refractivity contribution in [1.82, 2.24) is 14.8 Å². The minimum Gasteiger partial charge on any atom is -0.493 e. The minimum atomic E-state index is -0.825. The summed E-state index contributed by atoms with van der Waals surface area (Å²) in [5, 5.41) is 11.0. The van der Waals surface area contributed by atoms with Gasteiger partial charge in [0.2, 0.25) is 0 Å². The first-order valence-electron chi connectivity index (χ1n) is 7.80. The third kappa shape index (κ3) is 4.23. The summed E-state index contributed by atoms with van der Waals surface area (Å²) in [6, 6.07) is 6.97. The van der Waals surface area contributed by atoms with E-state index in [1.807, 2.05) is 6.07 Å². The first-order chi connectivity index (χ1) is 13.0. The normalized spacial score (nSPS) is 10.3. The zero-order valence-corrected chi connectivity index (χ0v) is 15.7. The van der Waals surface area contributed by atoms with Crippen LogP contribution in [0.4, 0.5) is 10.9 Å². The summed E-state index contributed by atoms with van der Waals surface area (Å²) in [7, 11) is 4.82. The Balaban J connectivity index is 1.68. The molecule has 2 N–H and O–H groups in total. The Hall–Kier alpha value is -3.40. The highest BCUT2D eigenvalue weighted by Gasteiger charge is 2.17. The van der Waals surface area contributed by atoms with Crippen molar-refractivity contribution in [3.63, 3.8) is 0 Å². The maximum absolute atomic E-state index is 12.0. The maximum Gasteiger partial charge on any atom is 0.315 e. The van der Waals surface area contributed by atoms with Crippen LogP contribution in [0, 0.1) is 0 Å². The lowest BCUT2D eigenvalue weighted by molar-refractivity contribution is -0.133. The second-order valence-electron chi connectivity index (χ2n) is 5.39. The van der Waals surface area contributed by atoms with E-state index < -0.39 is 11.8 Å². The molecule has 0 saturated heterocycles. The van der Waals surface area contributed by atoms with E-state index in [4.69, 9.17) is 9.47 Å². The highest BCUT2D eigenvalue weighted by molar-refractivity contribution is 7.14. The number of thiazole rings is 1. The second kappa shape index (κ2) is 7.87. The van der Waals surface area contributed by atoms with Crippen LogP contribution < -0.4 is 20.1 Å². The number of aromatic nitrogens is 3. The van der Waals surface area contributed by atoms with Gasteiger partial charge in [0.05, 0.1) is 19.9 Å². The lowest BCUT2D eigenvalue weighted by Gasteiger charge is -2.08. The van der Waals surface area contributed by atoms with Crippen molar-refractivity contribution >= 4 is 34.1 Å². The Morgan fingerprint density at radius 1 is 1.07 bits per heavy atom. The highest BCUT2D eigenvalue weighted by atomic mass is 32.1. The Labute approximate surface area is 158 Å². The molecule has 0 atom stereocenters. The molecule has 0 saturated carbocycles. The number of aryl methyl sites for hydroxylation is 1. The van der Waals surface area contributed by atoms with Gasteiger partial charge in [-0.2, -0.15) is 5.10 Å². The van der Waals surface area contributed by atoms with Crippen molar-refractivity contribution in [3.8, 4) is 22.8 Å². The van der Waals surface area contributed by atoms with Crippen molar-refractivity contribution in [2.75, 3.05) is 24.9 Å². The van der Waals surface area contributed by atoms with Crippen molar-refractivity contribution in [3.05, 3.63) is 35.8 Å². The molecule has 0 aliphatic heterocycles. The number of ether oxygens (including phenoxy) is 2. The molecule has 1 aromatic carbocycles. The van der Waals surface area contributed by atoms with Gasteiger partial charge in [0.15, 0.2) is 22.4 Å². The van der Waals surface area contributed by atoms with E-state index in [1.165, 1.54) is 16.0 Å². The van der Waals surface area contributed by atoms with Crippen LogP contribution in [0.2, 0.25) is 0 Å². The fourth-order valence-electron chi connectivity index (χ4n) is 2.27. The van der Waals surface area contributed by atoms with E-state index in [-0.39, 0.29) is 0 Å². The quantitative estimate of drug-likeness (QED) is 0.650. The van der Waals surface area contributed by atoms with Crippen LogP contribution in [0.3, 0.4) is 0 Å². The van der Waals surface area contributed by atoms with Gasteiger partial charge in [0.25, 0.3) is 0 Å². The SMILES string of the molecule is COc1ccc(-c2csc(NC(=O)C(=O)Nc3ccn(C)n3)n2)cc1OC. The van der Waals surface area contributed by atoms with Gasteiger partial charge < -0.3 is 14.8 Å². The topological polar surface area (TPSA) is 107 Å². The number of anilines is 2. The van der Waals surface area contributed by atoms with E-state index >= 15 is 0 Å². The third-order valence-corrected chi connectivity index (χ3v) is 4.32. The molecule has 0 aliphatic carbocycles. The fraction of sp³-hybridized carbons (Fsp3) is 0.176. The number of hydrogen-bond acceptors (Lipinski definition) is 7. The number of hydrogen-bond donors (Lipinski definition) is 2. The number of carbonyl (C=O) groups is 2. The Morgan fingerprint density at radius 3 is 2.48 bits per heavy atom. The summed E-state index contributed by atoms with van der Waals surface area (Å²) in [5.74, 6) is -0.173. The monoisotopic (exact) mass is 387 g/mol. The largest absolute Gasteiger partial charge is 0.493 e. The molecule has 2 amide bonds. The first-order valence-corrected chi connectivity index (χ1v) is 8.68.